The maximum atomic E-state index is 5.96. The highest BCUT2D eigenvalue weighted by Gasteiger charge is 2.20. The molecule has 0 aromatic carbocycles. The van der Waals surface area contributed by atoms with Crippen LogP contribution in [0.25, 0.3) is 0 Å². The van der Waals surface area contributed by atoms with Crippen LogP contribution >= 0.6 is 22.9 Å². The Labute approximate surface area is 81.7 Å². The van der Waals surface area contributed by atoms with Crippen LogP contribution in [0, 0.1) is 0 Å². The molecule has 1 aromatic rings. The first kappa shape index (κ1) is 8.54. The SMILES string of the molecule is CNC1CCCc2cc(Cl)sc21. The summed E-state index contributed by atoms with van der Waals surface area (Å²) in [5.41, 5.74) is 1.45. The molecule has 1 unspecified atom stereocenters. The van der Waals surface area contributed by atoms with E-state index in [1.165, 1.54) is 29.7 Å². The average molecular weight is 202 g/mol. The molecule has 1 nitrogen and oxygen atoms in total. The molecule has 1 aliphatic rings. The fourth-order valence-electron chi connectivity index (χ4n) is 1.80. The van der Waals surface area contributed by atoms with Gasteiger partial charge in [-0.3, -0.25) is 0 Å². The normalized spacial score (nSPS) is 22.3. The lowest BCUT2D eigenvalue weighted by atomic mass is 9.95. The molecule has 0 fully saturated rings. The van der Waals surface area contributed by atoms with Crippen molar-refractivity contribution in [1.29, 1.82) is 0 Å². The highest BCUT2D eigenvalue weighted by atomic mass is 35.5. The molecule has 1 aromatic heterocycles. The smallest absolute Gasteiger partial charge is 0.0934 e. The van der Waals surface area contributed by atoms with Gasteiger partial charge in [-0.15, -0.1) is 11.3 Å². The van der Waals surface area contributed by atoms with Gasteiger partial charge in [0.15, 0.2) is 0 Å². The topological polar surface area (TPSA) is 12.0 Å². The molecule has 1 N–H and O–H groups in total. The summed E-state index contributed by atoms with van der Waals surface area (Å²) in [5, 5.41) is 3.33. The third-order valence-electron chi connectivity index (χ3n) is 2.42. The van der Waals surface area contributed by atoms with E-state index in [2.05, 4.69) is 11.4 Å². The van der Waals surface area contributed by atoms with Crippen molar-refractivity contribution in [3.63, 3.8) is 0 Å². The monoisotopic (exact) mass is 201 g/mol. The quantitative estimate of drug-likeness (QED) is 0.737. The predicted octanol–water partition coefficient (Wildman–Crippen LogP) is 3.00. The number of nitrogens with one attached hydrogen (secondary N) is 1. The third kappa shape index (κ3) is 1.39. The van der Waals surface area contributed by atoms with Crippen LogP contribution in [0.15, 0.2) is 6.07 Å². The summed E-state index contributed by atoms with van der Waals surface area (Å²) in [6.07, 6.45) is 3.74. The number of thiophene rings is 1. The van der Waals surface area contributed by atoms with E-state index in [9.17, 15) is 0 Å². The molecule has 0 radical (unpaired) electrons. The number of fused-ring (bicyclic) bond motifs is 1. The van der Waals surface area contributed by atoms with Crippen LogP contribution in [0.2, 0.25) is 4.34 Å². The van der Waals surface area contributed by atoms with Gasteiger partial charge in [0.05, 0.1) is 4.34 Å². The van der Waals surface area contributed by atoms with Crippen LogP contribution in [-0.4, -0.2) is 7.05 Å². The average Bonchev–Trinajstić information content (AvgIpc) is 2.44. The molecule has 3 heteroatoms. The first-order valence-electron chi connectivity index (χ1n) is 4.26. The summed E-state index contributed by atoms with van der Waals surface area (Å²) < 4.78 is 0.933. The first-order chi connectivity index (χ1) is 5.81. The van der Waals surface area contributed by atoms with Gasteiger partial charge >= 0.3 is 0 Å². The summed E-state index contributed by atoms with van der Waals surface area (Å²) in [4.78, 5) is 1.45. The van der Waals surface area contributed by atoms with E-state index in [-0.39, 0.29) is 0 Å². The van der Waals surface area contributed by atoms with Crippen molar-refractivity contribution in [1.82, 2.24) is 5.32 Å². The van der Waals surface area contributed by atoms with E-state index in [1.807, 2.05) is 7.05 Å². The highest BCUT2D eigenvalue weighted by molar-refractivity contribution is 7.16. The molecule has 1 atom stereocenters. The van der Waals surface area contributed by atoms with Crippen molar-refractivity contribution >= 4 is 22.9 Å². The Balaban J connectivity index is 2.36. The van der Waals surface area contributed by atoms with Gasteiger partial charge in [0.2, 0.25) is 0 Å². The molecule has 0 saturated carbocycles. The van der Waals surface area contributed by atoms with Gasteiger partial charge in [-0.2, -0.15) is 0 Å². The van der Waals surface area contributed by atoms with Gasteiger partial charge in [-0.25, -0.2) is 0 Å². The second-order valence-corrected chi connectivity index (χ2v) is 4.89. The van der Waals surface area contributed by atoms with Crippen LogP contribution in [-0.2, 0) is 6.42 Å². The summed E-state index contributed by atoms with van der Waals surface area (Å²) in [7, 11) is 2.02. The predicted molar refractivity (Wildman–Crippen MR) is 54.1 cm³/mol. The largest absolute Gasteiger partial charge is 0.312 e. The summed E-state index contributed by atoms with van der Waals surface area (Å²) >= 11 is 7.69. The zero-order valence-corrected chi connectivity index (χ0v) is 8.63. The van der Waals surface area contributed by atoms with Gasteiger partial charge in [0, 0.05) is 10.9 Å². The van der Waals surface area contributed by atoms with Crippen LogP contribution in [0.5, 0.6) is 0 Å². The molecule has 0 saturated heterocycles. The Kier molecular flexibility index (Phi) is 2.40. The minimum atomic E-state index is 0.547. The summed E-state index contributed by atoms with van der Waals surface area (Å²) in [6, 6.07) is 2.66. The van der Waals surface area contributed by atoms with Crippen molar-refractivity contribution in [2.75, 3.05) is 7.05 Å². The van der Waals surface area contributed by atoms with E-state index >= 15 is 0 Å². The van der Waals surface area contributed by atoms with Crippen molar-refractivity contribution in [3.05, 3.63) is 20.8 Å². The lowest BCUT2D eigenvalue weighted by molar-refractivity contribution is 0.506. The van der Waals surface area contributed by atoms with E-state index in [0.717, 1.165) is 4.34 Å². The number of halogens is 1. The second kappa shape index (κ2) is 3.36. The van der Waals surface area contributed by atoms with E-state index < -0.39 is 0 Å². The molecular weight excluding hydrogens is 190 g/mol. The van der Waals surface area contributed by atoms with E-state index in [0.29, 0.717) is 6.04 Å². The Hall–Kier alpha value is -0.0500. The molecule has 0 aliphatic heterocycles. The minimum absolute atomic E-state index is 0.547. The lowest BCUT2D eigenvalue weighted by Crippen LogP contribution is -2.19. The Morgan fingerprint density at radius 3 is 3.25 bits per heavy atom. The van der Waals surface area contributed by atoms with Crippen molar-refractivity contribution < 1.29 is 0 Å². The Bertz CT molecular complexity index is 282. The van der Waals surface area contributed by atoms with Gasteiger partial charge in [-0.1, -0.05) is 11.6 Å². The molecule has 0 spiro atoms. The van der Waals surface area contributed by atoms with Crippen LogP contribution in [0.1, 0.15) is 29.3 Å². The Morgan fingerprint density at radius 1 is 1.67 bits per heavy atom. The van der Waals surface area contributed by atoms with Crippen molar-refractivity contribution in [2.24, 2.45) is 0 Å². The van der Waals surface area contributed by atoms with Crippen LogP contribution < -0.4 is 5.32 Å². The van der Waals surface area contributed by atoms with Gasteiger partial charge in [0.1, 0.15) is 0 Å². The zero-order chi connectivity index (χ0) is 8.55. The van der Waals surface area contributed by atoms with Crippen molar-refractivity contribution in [3.8, 4) is 0 Å². The highest BCUT2D eigenvalue weighted by Crippen LogP contribution is 2.37. The lowest BCUT2D eigenvalue weighted by Gasteiger charge is -2.21. The molecule has 12 heavy (non-hydrogen) atoms. The summed E-state index contributed by atoms with van der Waals surface area (Å²) in [5.74, 6) is 0. The number of hydrogen-bond donors (Lipinski definition) is 1. The standard InChI is InChI=1S/C9H12ClNS/c1-11-7-4-2-3-6-5-8(10)12-9(6)7/h5,7,11H,2-4H2,1H3. The van der Waals surface area contributed by atoms with Crippen LogP contribution in [0.3, 0.4) is 0 Å². The maximum absolute atomic E-state index is 5.96. The van der Waals surface area contributed by atoms with E-state index in [4.69, 9.17) is 11.6 Å². The Morgan fingerprint density at radius 2 is 2.50 bits per heavy atom. The number of aryl methyl sites for hydroxylation is 1. The number of hydrogen-bond acceptors (Lipinski definition) is 2. The molecule has 0 amide bonds. The zero-order valence-electron chi connectivity index (χ0n) is 7.06. The molecule has 2 rings (SSSR count). The van der Waals surface area contributed by atoms with Crippen LogP contribution in [0.4, 0.5) is 0 Å². The van der Waals surface area contributed by atoms with Crippen molar-refractivity contribution in [2.45, 2.75) is 25.3 Å². The molecule has 66 valence electrons. The van der Waals surface area contributed by atoms with Gasteiger partial charge in [-0.05, 0) is 37.9 Å². The molecule has 1 heterocycles. The van der Waals surface area contributed by atoms with Gasteiger partial charge < -0.3 is 5.32 Å². The molecule has 0 bridgehead atoms. The minimum Gasteiger partial charge on any atom is -0.312 e. The molecular formula is C9H12ClNS. The third-order valence-corrected chi connectivity index (χ3v) is 3.84. The fourth-order valence-corrected chi connectivity index (χ4v) is 3.26. The summed E-state index contributed by atoms with van der Waals surface area (Å²) in [6.45, 7) is 0. The maximum Gasteiger partial charge on any atom is 0.0934 e. The van der Waals surface area contributed by atoms with Gasteiger partial charge in [0.25, 0.3) is 0 Å². The first-order valence-corrected chi connectivity index (χ1v) is 5.46. The fraction of sp³-hybridized carbons (Fsp3) is 0.556. The number of rotatable bonds is 1. The van der Waals surface area contributed by atoms with E-state index in [1.54, 1.807) is 11.3 Å². The second-order valence-electron chi connectivity index (χ2n) is 3.17. The molecule has 1 aliphatic carbocycles.